The third kappa shape index (κ3) is 5.22. The molecule has 7 heteroatoms. The molecule has 172 valence electrons. The standard InChI is InChI=1S/C26H27ClN2O4/c1-17(2)16-32-21-7-8-22-18(3)23(26(31)33-24(22)14-21)15-25(30)29-11-9-28(10-12-29)20-6-4-5-19(27)13-20/h4-8,13-14H,1,9-12,15-16H2,2-3H3. The highest BCUT2D eigenvalue weighted by molar-refractivity contribution is 6.30. The molecule has 6 nitrogen and oxygen atoms in total. The van der Waals surface area contributed by atoms with Crippen molar-refractivity contribution >= 4 is 34.2 Å². The van der Waals surface area contributed by atoms with Gasteiger partial charge in [0, 0.05) is 48.3 Å². The highest BCUT2D eigenvalue weighted by atomic mass is 35.5. The van der Waals surface area contributed by atoms with Gasteiger partial charge in [-0.05, 0) is 55.3 Å². The first-order valence-corrected chi connectivity index (χ1v) is 11.3. The van der Waals surface area contributed by atoms with Crippen molar-refractivity contribution in [3.8, 4) is 5.75 Å². The minimum absolute atomic E-state index is 0.0230. The van der Waals surface area contributed by atoms with Crippen molar-refractivity contribution in [2.45, 2.75) is 20.3 Å². The Kier molecular flexibility index (Phi) is 6.75. The predicted octanol–water partition coefficient (Wildman–Crippen LogP) is 4.60. The maximum absolute atomic E-state index is 13.0. The molecule has 0 unspecified atom stereocenters. The molecule has 0 radical (unpaired) electrons. The van der Waals surface area contributed by atoms with E-state index in [9.17, 15) is 9.59 Å². The lowest BCUT2D eigenvalue weighted by Gasteiger charge is -2.36. The number of hydrogen-bond donors (Lipinski definition) is 0. The summed E-state index contributed by atoms with van der Waals surface area (Å²) in [5, 5.41) is 1.49. The highest BCUT2D eigenvalue weighted by Gasteiger charge is 2.24. The summed E-state index contributed by atoms with van der Waals surface area (Å²) in [4.78, 5) is 29.7. The van der Waals surface area contributed by atoms with Gasteiger partial charge in [0.2, 0.25) is 5.91 Å². The second-order valence-electron chi connectivity index (χ2n) is 8.42. The van der Waals surface area contributed by atoms with Gasteiger partial charge in [0.05, 0.1) is 12.0 Å². The lowest BCUT2D eigenvalue weighted by molar-refractivity contribution is -0.130. The fraction of sp³-hybridized carbons (Fsp3) is 0.308. The zero-order chi connectivity index (χ0) is 23.5. The van der Waals surface area contributed by atoms with E-state index in [1.807, 2.05) is 50.2 Å². The molecule has 0 N–H and O–H groups in total. The number of anilines is 1. The Morgan fingerprint density at radius 2 is 1.91 bits per heavy atom. The number of halogens is 1. The number of rotatable bonds is 6. The third-order valence-corrected chi connectivity index (χ3v) is 6.11. The monoisotopic (exact) mass is 466 g/mol. The van der Waals surface area contributed by atoms with E-state index >= 15 is 0 Å². The van der Waals surface area contributed by atoms with Gasteiger partial charge in [-0.1, -0.05) is 24.2 Å². The van der Waals surface area contributed by atoms with Crippen LogP contribution in [0.25, 0.3) is 11.0 Å². The van der Waals surface area contributed by atoms with Crippen molar-refractivity contribution in [3.05, 3.63) is 81.2 Å². The molecular weight excluding hydrogens is 440 g/mol. The van der Waals surface area contributed by atoms with E-state index in [1.165, 1.54) is 0 Å². The van der Waals surface area contributed by atoms with Crippen molar-refractivity contribution in [2.75, 3.05) is 37.7 Å². The maximum Gasteiger partial charge on any atom is 0.340 e. The van der Waals surface area contributed by atoms with Crippen LogP contribution in [0.2, 0.25) is 5.02 Å². The zero-order valence-corrected chi connectivity index (χ0v) is 19.7. The number of fused-ring (bicyclic) bond motifs is 1. The third-order valence-electron chi connectivity index (χ3n) is 5.88. The van der Waals surface area contributed by atoms with Gasteiger partial charge in [-0.25, -0.2) is 4.79 Å². The molecule has 3 aromatic rings. The van der Waals surface area contributed by atoms with Gasteiger partial charge in [0.1, 0.15) is 17.9 Å². The van der Waals surface area contributed by atoms with Crippen molar-refractivity contribution in [1.29, 1.82) is 0 Å². The Morgan fingerprint density at radius 3 is 2.61 bits per heavy atom. The molecule has 33 heavy (non-hydrogen) atoms. The summed E-state index contributed by atoms with van der Waals surface area (Å²) in [5.74, 6) is 0.534. The number of piperazine rings is 1. The van der Waals surface area contributed by atoms with E-state index in [1.54, 1.807) is 11.0 Å². The van der Waals surface area contributed by atoms with Gasteiger partial charge in [0.25, 0.3) is 0 Å². The highest BCUT2D eigenvalue weighted by Crippen LogP contribution is 2.25. The minimum atomic E-state index is -0.483. The van der Waals surface area contributed by atoms with Crippen LogP contribution in [0.4, 0.5) is 5.69 Å². The smallest absolute Gasteiger partial charge is 0.340 e. The molecule has 2 heterocycles. The van der Waals surface area contributed by atoms with Crippen LogP contribution in [0.1, 0.15) is 18.1 Å². The Morgan fingerprint density at radius 1 is 1.15 bits per heavy atom. The fourth-order valence-corrected chi connectivity index (χ4v) is 4.21. The van der Waals surface area contributed by atoms with E-state index in [0.717, 1.165) is 22.2 Å². The molecule has 0 aliphatic carbocycles. The Balaban J connectivity index is 1.46. The van der Waals surface area contributed by atoms with Gasteiger partial charge < -0.3 is 19.0 Å². The van der Waals surface area contributed by atoms with Crippen LogP contribution in [0, 0.1) is 6.92 Å². The second kappa shape index (κ2) is 9.71. The van der Waals surface area contributed by atoms with Gasteiger partial charge in [0.15, 0.2) is 0 Å². The number of nitrogens with zero attached hydrogens (tertiary/aromatic N) is 2. The molecule has 4 rings (SSSR count). The average molecular weight is 467 g/mol. The van der Waals surface area contributed by atoms with Crippen molar-refractivity contribution in [1.82, 2.24) is 4.90 Å². The number of hydrogen-bond acceptors (Lipinski definition) is 5. The summed E-state index contributed by atoms with van der Waals surface area (Å²) >= 11 is 6.10. The second-order valence-corrected chi connectivity index (χ2v) is 8.86. The lowest BCUT2D eigenvalue weighted by atomic mass is 10.0. The SMILES string of the molecule is C=C(C)COc1ccc2c(C)c(CC(=O)N3CCN(c4cccc(Cl)c4)CC3)c(=O)oc2c1. The molecule has 1 fully saturated rings. The van der Waals surface area contributed by atoms with E-state index < -0.39 is 5.63 Å². The van der Waals surface area contributed by atoms with Gasteiger partial charge in [-0.3, -0.25) is 4.79 Å². The van der Waals surface area contributed by atoms with E-state index in [0.29, 0.717) is 54.7 Å². The molecule has 1 aromatic heterocycles. The molecule has 0 spiro atoms. The molecule has 1 saturated heterocycles. The van der Waals surface area contributed by atoms with Crippen molar-refractivity contribution in [3.63, 3.8) is 0 Å². The van der Waals surface area contributed by atoms with Crippen LogP contribution in [-0.4, -0.2) is 43.6 Å². The van der Waals surface area contributed by atoms with Gasteiger partial charge in [-0.15, -0.1) is 0 Å². The average Bonchev–Trinajstić information content (AvgIpc) is 2.80. The Bertz CT molecular complexity index is 1260. The number of benzene rings is 2. The summed E-state index contributed by atoms with van der Waals surface area (Å²) < 4.78 is 11.2. The first-order valence-electron chi connectivity index (χ1n) is 10.9. The topological polar surface area (TPSA) is 63.0 Å². The summed E-state index contributed by atoms with van der Waals surface area (Å²) in [6.07, 6.45) is 0.0230. The number of carbonyl (C=O) groups excluding carboxylic acids is 1. The summed E-state index contributed by atoms with van der Waals surface area (Å²) in [6.45, 7) is 10.6. The molecule has 0 bridgehead atoms. The lowest BCUT2D eigenvalue weighted by Crippen LogP contribution is -2.49. The first kappa shape index (κ1) is 22.9. The van der Waals surface area contributed by atoms with Crippen molar-refractivity contribution < 1.29 is 13.9 Å². The molecule has 0 saturated carbocycles. The molecule has 2 aromatic carbocycles. The zero-order valence-electron chi connectivity index (χ0n) is 18.9. The van der Waals surface area contributed by atoms with Crippen molar-refractivity contribution in [2.24, 2.45) is 0 Å². The van der Waals surface area contributed by atoms with Crippen LogP contribution in [-0.2, 0) is 11.2 Å². The van der Waals surface area contributed by atoms with Crippen LogP contribution in [0.5, 0.6) is 5.75 Å². The van der Waals surface area contributed by atoms with Crippen LogP contribution >= 0.6 is 11.6 Å². The Labute approximate surface area is 198 Å². The Hall–Kier alpha value is -3.25. The van der Waals surface area contributed by atoms with Crippen LogP contribution in [0.15, 0.2) is 63.8 Å². The quantitative estimate of drug-likeness (QED) is 0.392. The van der Waals surface area contributed by atoms with E-state index in [4.69, 9.17) is 20.8 Å². The number of aryl methyl sites for hydroxylation is 1. The van der Waals surface area contributed by atoms with Gasteiger partial charge in [-0.2, -0.15) is 0 Å². The normalized spacial score (nSPS) is 13.9. The predicted molar refractivity (Wildman–Crippen MR) is 131 cm³/mol. The molecular formula is C26H27ClN2O4. The minimum Gasteiger partial charge on any atom is -0.489 e. The first-order chi connectivity index (χ1) is 15.8. The number of ether oxygens (including phenoxy) is 1. The molecule has 1 aliphatic heterocycles. The van der Waals surface area contributed by atoms with E-state index in [2.05, 4.69) is 11.5 Å². The van der Waals surface area contributed by atoms with Crippen LogP contribution < -0.4 is 15.3 Å². The number of carbonyl (C=O) groups is 1. The summed E-state index contributed by atoms with van der Waals surface area (Å²) in [5.41, 5.74) is 3.08. The molecule has 1 amide bonds. The van der Waals surface area contributed by atoms with Gasteiger partial charge >= 0.3 is 5.63 Å². The maximum atomic E-state index is 13.0. The van der Waals surface area contributed by atoms with Crippen LogP contribution in [0.3, 0.4) is 0 Å². The largest absolute Gasteiger partial charge is 0.489 e. The molecule has 0 atom stereocenters. The summed E-state index contributed by atoms with van der Waals surface area (Å²) in [6, 6.07) is 13.1. The fourth-order valence-electron chi connectivity index (χ4n) is 4.02. The molecule has 1 aliphatic rings. The van der Waals surface area contributed by atoms with E-state index in [-0.39, 0.29) is 12.3 Å². The number of amides is 1. The summed E-state index contributed by atoms with van der Waals surface area (Å²) in [7, 11) is 0.